The van der Waals surface area contributed by atoms with Gasteiger partial charge in [0.2, 0.25) is 0 Å². The van der Waals surface area contributed by atoms with E-state index in [4.69, 9.17) is 4.74 Å². The van der Waals surface area contributed by atoms with E-state index in [0.29, 0.717) is 11.5 Å². The van der Waals surface area contributed by atoms with Crippen molar-refractivity contribution in [2.75, 3.05) is 31.2 Å². The second kappa shape index (κ2) is 7.79. The van der Waals surface area contributed by atoms with Crippen molar-refractivity contribution in [3.05, 3.63) is 30.3 Å². The van der Waals surface area contributed by atoms with Gasteiger partial charge in [0.25, 0.3) is 0 Å². The highest BCUT2D eigenvalue weighted by Gasteiger charge is 2.38. The highest BCUT2D eigenvalue weighted by atomic mass is 35.5. The number of morpholine rings is 1. The molecule has 21 heavy (non-hydrogen) atoms. The van der Waals surface area contributed by atoms with Crippen LogP contribution in [0.3, 0.4) is 0 Å². The second-order valence-electron chi connectivity index (χ2n) is 5.32. The van der Waals surface area contributed by atoms with Gasteiger partial charge in [0.05, 0.1) is 27.6 Å². The Labute approximate surface area is 139 Å². The molecule has 2 heterocycles. The first-order chi connectivity index (χ1) is 9.20. The van der Waals surface area contributed by atoms with Gasteiger partial charge in [-0.2, -0.15) is 4.36 Å². The molecular weight excluding hydrogens is 331 g/mol. The van der Waals surface area contributed by atoms with Gasteiger partial charge in [-0.05, 0) is 25.0 Å². The molecule has 0 radical (unpaired) electrons. The van der Waals surface area contributed by atoms with Crippen molar-refractivity contribution < 1.29 is 8.95 Å². The third-order valence-electron chi connectivity index (χ3n) is 3.92. The SMILES string of the molecule is Cl.Cl.O=S1(=Nc2ccccc2)CCC2(CC1)CNCCO2. The molecule has 1 N–H and O–H groups in total. The molecular formula is C14H22Cl2N2O2S. The summed E-state index contributed by atoms with van der Waals surface area (Å²) in [5, 5.41) is 3.37. The van der Waals surface area contributed by atoms with E-state index in [1.54, 1.807) is 0 Å². The summed E-state index contributed by atoms with van der Waals surface area (Å²) in [6.07, 6.45) is 1.68. The van der Waals surface area contributed by atoms with Gasteiger partial charge in [-0.25, -0.2) is 4.21 Å². The van der Waals surface area contributed by atoms with E-state index in [2.05, 4.69) is 9.68 Å². The minimum Gasteiger partial charge on any atom is -0.372 e. The van der Waals surface area contributed by atoms with Gasteiger partial charge >= 0.3 is 0 Å². The second-order valence-corrected chi connectivity index (χ2v) is 7.86. The average molecular weight is 353 g/mol. The third kappa shape index (κ3) is 4.57. The molecule has 0 atom stereocenters. The van der Waals surface area contributed by atoms with Gasteiger partial charge in [0.15, 0.2) is 0 Å². The predicted molar refractivity (Wildman–Crippen MR) is 91.7 cm³/mol. The normalized spacial score (nSPS) is 31.8. The first-order valence-corrected chi connectivity index (χ1v) is 8.67. The molecule has 7 heteroatoms. The zero-order valence-electron chi connectivity index (χ0n) is 11.8. The maximum Gasteiger partial charge on any atom is 0.0825 e. The van der Waals surface area contributed by atoms with Crippen molar-refractivity contribution in [1.29, 1.82) is 0 Å². The summed E-state index contributed by atoms with van der Waals surface area (Å²) >= 11 is 0. The third-order valence-corrected chi connectivity index (χ3v) is 6.14. The van der Waals surface area contributed by atoms with E-state index < -0.39 is 9.73 Å². The number of hydrogen-bond acceptors (Lipinski definition) is 4. The molecule has 0 unspecified atom stereocenters. The minimum atomic E-state index is -2.10. The molecule has 2 aliphatic rings. The van der Waals surface area contributed by atoms with Crippen molar-refractivity contribution in [1.82, 2.24) is 5.32 Å². The molecule has 4 nitrogen and oxygen atoms in total. The summed E-state index contributed by atoms with van der Waals surface area (Å²) in [4.78, 5) is 0. The Morgan fingerprint density at radius 1 is 1.14 bits per heavy atom. The van der Waals surface area contributed by atoms with Gasteiger partial charge < -0.3 is 10.1 Å². The first kappa shape index (κ1) is 18.7. The molecule has 1 aromatic rings. The summed E-state index contributed by atoms with van der Waals surface area (Å²) in [7, 11) is -2.10. The Balaban J connectivity index is 0.00000110. The van der Waals surface area contributed by atoms with E-state index in [-0.39, 0.29) is 30.4 Å². The number of rotatable bonds is 1. The number of hydrogen-bond donors (Lipinski definition) is 1. The molecule has 0 bridgehead atoms. The average Bonchev–Trinajstić information content (AvgIpc) is 2.45. The van der Waals surface area contributed by atoms with Gasteiger partial charge in [-0.15, -0.1) is 24.8 Å². The quantitative estimate of drug-likeness (QED) is 0.845. The summed E-state index contributed by atoms with van der Waals surface area (Å²) in [6.45, 7) is 2.57. The standard InChI is InChI=1S/C14H20N2O2S.2ClH/c17-19(16-13-4-2-1-3-5-13)10-6-14(7-11-19)12-15-8-9-18-14;;/h1-5,15H,6-12H2;2*1H. The van der Waals surface area contributed by atoms with Crippen LogP contribution in [-0.2, 0) is 14.5 Å². The van der Waals surface area contributed by atoms with Crippen LogP contribution in [0.1, 0.15) is 12.8 Å². The molecule has 0 saturated carbocycles. The lowest BCUT2D eigenvalue weighted by atomic mass is 9.95. The van der Waals surface area contributed by atoms with Crippen LogP contribution >= 0.6 is 24.8 Å². The molecule has 3 rings (SSSR count). The van der Waals surface area contributed by atoms with Gasteiger partial charge in [-0.1, -0.05) is 18.2 Å². The van der Waals surface area contributed by atoms with Gasteiger partial charge in [-0.3, -0.25) is 0 Å². The minimum absolute atomic E-state index is 0. The van der Waals surface area contributed by atoms with Crippen LogP contribution in [0.25, 0.3) is 0 Å². The topological polar surface area (TPSA) is 50.7 Å². The van der Waals surface area contributed by atoms with E-state index in [1.165, 1.54) is 0 Å². The molecule has 0 aliphatic carbocycles. The Morgan fingerprint density at radius 2 is 1.81 bits per heavy atom. The molecule has 2 fully saturated rings. The number of benzene rings is 1. The van der Waals surface area contributed by atoms with Crippen LogP contribution in [0, 0.1) is 0 Å². The van der Waals surface area contributed by atoms with Gasteiger partial charge in [0, 0.05) is 24.6 Å². The van der Waals surface area contributed by atoms with Crippen molar-refractivity contribution in [3.63, 3.8) is 0 Å². The molecule has 0 aromatic heterocycles. The number of nitrogens with one attached hydrogen (secondary N) is 1. The van der Waals surface area contributed by atoms with E-state index >= 15 is 0 Å². The fourth-order valence-electron chi connectivity index (χ4n) is 2.72. The van der Waals surface area contributed by atoms with E-state index in [0.717, 1.165) is 38.2 Å². The van der Waals surface area contributed by atoms with Crippen LogP contribution in [0.2, 0.25) is 0 Å². The molecule has 2 aliphatic heterocycles. The summed E-state index contributed by atoms with van der Waals surface area (Å²) in [5.74, 6) is 1.28. The lowest BCUT2D eigenvalue weighted by Gasteiger charge is -2.41. The fourth-order valence-corrected chi connectivity index (χ4v) is 4.99. The first-order valence-electron chi connectivity index (χ1n) is 6.82. The van der Waals surface area contributed by atoms with Gasteiger partial charge in [0.1, 0.15) is 0 Å². The largest absolute Gasteiger partial charge is 0.372 e. The van der Waals surface area contributed by atoms with Crippen molar-refractivity contribution in [3.8, 4) is 0 Å². The molecule has 1 aromatic carbocycles. The maximum atomic E-state index is 12.8. The lowest BCUT2D eigenvalue weighted by molar-refractivity contribution is -0.0711. The highest BCUT2D eigenvalue weighted by Crippen LogP contribution is 2.30. The van der Waals surface area contributed by atoms with Crippen molar-refractivity contribution in [2.45, 2.75) is 18.4 Å². The zero-order valence-corrected chi connectivity index (χ0v) is 14.3. The zero-order chi connectivity index (χ0) is 13.2. The predicted octanol–water partition coefficient (Wildman–Crippen LogP) is 2.78. The summed E-state index contributed by atoms with van der Waals surface area (Å²) in [5.41, 5.74) is 0.733. The van der Waals surface area contributed by atoms with Crippen LogP contribution < -0.4 is 5.32 Å². The number of nitrogens with zero attached hydrogens (tertiary/aromatic N) is 1. The van der Waals surface area contributed by atoms with Crippen LogP contribution in [-0.4, -0.2) is 41.0 Å². The van der Waals surface area contributed by atoms with Crippen LogP contribution in [0.15, 0.2) is 34.7 Å². The maximum absolute atomic E-state index is 12.8. The Morgan fingerprint density at radius 3 is 2.38 bits per heavy atom. The highest BCUT2D eigenvalue weighted by molar-refractivity contribution is 7.93. The molecule has 1 spiro atoms. The Kier molecular flexibility index (Phi) is 6.94. The van der Waals surface area contributed by atoms with E-state index in [1.807, 2.05) is 30.3 Å². The lowest BCUT2D eigenvalue weighted by Crippen LogP contribution is -2.53. The molecule has 120 valence electrons. The number of ether oxygens (including phenoxy) is 1. The fraction of sp³-hybridized carbons (Fsp3) is 0.571. The summed E-state index contributed by atoms with van der Waals surface area (Å²) < 4.78 is 23.2. The van der Waals surface area contributed by atoms with Crippen molar-refractivity contribution in [2.24, 2.45) is 4.36 Å². The molecule has 2 saturated heterocycles. The van der Waals surface area contributed by atoms with E-state index in [9.17, 15) is 4.21 Å². The smallest absolute Gasteiger partial charge is 0.0825 e. The van der Waals surface area contributed by atoms with Crippen LogP contribution in [0.5, 0.6) is 0 Å². The Hall–Kier alpha value is -0.330. The molecule has 0 amide bonds. The van der Waals surface area contributed by atoms with Crippen LogP contribution in [0.4, 0.5) is 5.69 Å². The Bertz CT molecular complexity index is 537. The monoisotopic (exact) mass is 352 g/mol. The van der Waals surface area contributed by atoms with Crippen molar-refractivity contribution >= 4 is 40.2 Å². The number of halogens is 2. The summed E-state index contributed by atoms with van der Waals surface area (Å²) in [6, 6.07) is 9.63.